The summed E-state index contributed by atoms with van der Waals surface area (Å²) < 4.78 is 17.6. The summed E-state index contributed by atoms with van der Waals surface area (Å²) in [6.45, 7) is 5.77. The Morgan fingerprint density at radius 1 is 0.551 bits per heavy atom. The van der Waals surface area contributed by atoms with Gasteiger partial charge in [-0.1, -0.05) is 238 Å². The summed E-state index contributed by atoms with van der Waals surface area (Å²) in [5.41, 5.74) is 0. The molecule has 11 heteroatoms. The predicted octanol–water partition coefficient (Wildman–Crippen LogP) is 12.9. The standard InChI is InChI=1S/C58H109NO10/c1-4-7-10-13-16-19-22-25-27-30-33-36-39-42-45-51(62)57(66)59-49(50(61)44-41-38-35-32-29-24-21-18-15-12-9-6-3)48-67-58-56(55(65)54(64)52(47-60)68-58)69-53(63)46-43-40-37-34-31-28-26-23-20-17-14-11-8-5-2/h19,22,41,44,49-52,54-56,58,60-62,64-65H,4-18,20-21,23-40,42-43,45-48H2,1-3H3,(H,59,66)/b22-19-,44-41+. The average Bonchev–Trinajstić information content (AvgIpc) is 3.34. The Hall–Kier alpha value is -1.86. The summed E-state index contributed by atoms with van der Waals surface area (Å²) in [5, 5.41) is 56.8. The molecule has 0 spiro atoms. The quantitative estimate of drug-likeness (QED) is 0.0196. The van der Waals surface area contributed by atoms with Gasteiger partial charge in [-0.15, -0.1) is 0 Å². The van der Waals surface area contributed by atoms with E-state index in [9.17, 15) is 35.1 Å². The number of hydrogen-bond donors (Lipinski definition) is 6. The molecular formula is C58H109NO10. The minimum absolute atomic E-state index is 0.128. The van der Waals surface area contributed by atoms with Crippen molar-refractivity contribution in [3.05, 3.63) is 24.3 Å². The third kappa shape index (κ3) is 35.8. The van der Waals surface area contributed by atoms with Crippen LogP contribution in [-0.2, 0) is 23.8 Å². The van der Waals surface area contributed by atoms with Crippen molar-refractivity contribution in [2.45, 2.75) is 320 Å². The number of aliphatic hydroxyl groups excluding tert-OH is 5. The number of esters is 1. The number of ether oxygens (including phenoxy) is 3. The number of hydrogen-bond acceptors (Lipinski definition) is 10. The number of amides is 1. The van der Waals surface area contributed by atoms with E-state index in [1.807, 2.05) is 6.08 Å². The first-order valence-corrected chi connectivity index (χ1v) is 29.1. The first kappa shape index (κ1) is 65.2. The third-order valence-corrected chi connectivity index (χ3v) is 13.9. The molecule has 69 heavy (non-hydrogen) atoms. The van der Waals surface area contributed by atoms with Gasteiger partial charge < -0.3 is 45.1 Å². The summed E-state index contributed by atoms with van der Waals surface area (Å²) in [5.74, 6) is -1.19. The van der Waals surface area contributed by atoms with Gasteiger partial charge in [0, 0.05) is 6.42 Å². The third-order valence-electron chi connectivity index (χ3n) is 13.9. The van der Waals surface area contributed by atoms with Gasteiger partial charge >= 0.3 is 5.97 Å². The number of unbranched alkanes of at least 4 members (excludes halogenated alkanes) is 33. The van der Waals surface area contributed by atoms with Crippen LogP contribution in [0.15, 0.2) is 24.3 Å². The zero-order chi connectivity index (χ0) is 50.4. The summed E-state index contributed by atoms with van der Waals surface area (Å²) in [6.07, 6.45) is 42.2. The predicted molar refractivity (Wildman–Crippen MR) is 283 cm³/mol. The van der Waals surface area contributed by atoms with Crippen LogP contribution >= 0.6 is 0 Å². The second kappa shape index (κ2) is 47.2. The highest BCUT2D eigenvalue weighted by Crippen LogP contribution is 2.26. The van der Waals surface area contributed by atoms with E-state index in [4.69, 9.17) is 14.2 Å². The number of carbonyl (C=O) groups is 2. The molecule has 0 aromatic heterocycles. The maximum atomic E-state index is 13.4. The lowest BCUT2D eigenvalue weighted by molar-refractivity contribution is -0.305. The van der Waals surface area contributed by atoms with Gasteiger partial charge in [-0.3, -0.25) is 9.59 Å². The van der Waals surface area contributed by atoms with Crippen LogP contribution in [0.2, 0.25) is 0 Å². The van der Waals surface area contributed by atoms with Gasteiger partial charge in [-0.05, 0) is 51.4 Å². The van der Waals surface area contributed by atoms with Crippen LogP contribution < -0.4 is 5.32 Å². The molecule has 1 rings (SSSR count). The highest BCUT2D eigenvalue weighted by Gasteiger charge is 2.47. The van der Waals surface area contributed by atoms with Crippen LogP contribution in [0.25, 0.3) is 0 Å². The lowest BCUT2D eigenvalue weighted by atomic mass is 9.99. The molecule has 8 atom stereocenters. The van der Waals surface area contributed by atoms with Crippen LogP contribution in [0.1, 0.15) is 271 Å². The Morgan fingerprint density at radius 2 is 0.957 bits per heavy atom. The number of allylic oxidation sites excluding steroid dienone is 3. The smallest absolute Gasteiger partial charge is 0.306 e. The minimum atomic E-state index is -1.61. The van der Waals surface area contributed by atoms with Crippen molar-refractivity contribution in [1.29, 1.82) is 0 Å². The molecule has 0 aliphatic carbocycles. The van der Waals surface area contributed by atoms with Crippen molar-refractivity contribution >= 4 is 11.9 Å². The minimum Gasteiger partial charge on any atom is -0.454 e. The fourth-order valence-corrected chi connectivity index (χ4v) is 9.18. The summed E-state index contributed by atoms with van der Waals surface area (Å²) in [6, 6.07) is -1.02. The summed E-state index contributed by atoms with van der Waals surface area (Å²) in [7, 11) is 0. The molecule has 1 heterocycles. The van der Waals surface area contributed by atoms with Crippen molar-refractivity contribution in [3.8, 4) is 0 Å². The van der Waals surface area contributed by atoms with E-state index < -0.39 is 67.4 Å². The van der Waals surface area contributed by atoms with Gasteiger partial charge in [0.05, 0.1) is 25.4 Å². The van der Waals surface area contributed by atoms with Crippen LogP contribution in [0, 0.1) is 0 Å². The fourth-order valence-electron chi connectivity index (χ4n) is 9.18. The lowest BCUT2D eigenvalue weighted by Gasteiger charge is -2.41. The Kier molecular flexibility index (Phi) is 44.5. The van der Waals surface area contributed by atoms with Crippen LogP contribution in [0.4, 0.5) is 0 Å². The molecule has 1 amide bonds. The summed E-state index contributed by atoms with van der Waals surface area (Å²) in [4.78, 5) is 26.4. The SMILES string of the molecule is CCCCCC/C=C\CCCCCCCCC(O)C(=O)NC(COC1OC(CO)C(O)C(O)C1OC(=O)CCCCCCCCCCCCCCCC)C(O)/C=C/CCCCCCCCCCCC. The normalized spacial score (nSPS) is 19.9. The number of rotatable bonds is 49. The summed E-state index contributed by atoms with van der Waals surface area (Å²) >= 11 is 0. The number of aliphatic hydroxyl groups is 5. The van der Waals surface area contributed by atoms with Crippen molar-refractivity contribution in [2.24, 2.45) is 0 Å². The van der Waals surface area contributed by atoms with Gasteiger partial charge in [0.2, 0.25) is 5.91 Å². The topological polar surface area (TPSA) is 175 Å². The average molecular weight is 981 g/mol. The van der Waals surface area contributed by atoms with Crippen molar-refractivity contribution in [3.63, 3.8) is 0 Å². The van der Waals surface area contributed by atoms with Gasteiger partial charge in [-0.2, -0.15) is 0 Å². The molecule has 1 fully saturated rings. The van der Waals surface area contributed by atoms with E-state index in [1.165, 1.54) is 154 Å². The zero-order valence-corrected chi connectivity index (χ0v) is 44.7. The molecule has 0 aromatic carbocycles. The first-order valence-electron chi connectivity index (χ1n) is 29.1. The molecule has 0 radical (unpaired) electrons. The molecular weight excluding hydrogens is 871 g/mol. The highest BCUT2D eigenvalue weighted by atomic mass is 16.7. The highest BCUT2D eigenvalue weighted by molar-refractivity contribution is 5.80. The molecule has 6 N–H and O–H groups in total. The van der Waals surface area contributed by atoms with E-state index in [1.54, 1.807) is 6.08 Å². The van der Waals surface area contributed by atoms with E-state index >= 15 is 0 Å². The van der Waals surface area contributed by atoms with Crippen LogP contribution in [0.3, 0.4) is 0 Å². The molecule has 1 aliphatic heterocycles. The molecule has 0 saturated carbocycles. The Bertz CT molecular complexity index is 1220. The Balaban J connectivity index is 2.73. The Labute approximate surface area is 422 Å². The van der Waals surface area contributed by atoms with Crippen LogP contribution in [0.5, 0.6) is 0 Å². The lowest BCUT2D eigenvalue weighted by Crippen LogP contribution is -2.61. The maximum Gasteiger partial charge on any atom is 0.306 e. The molecule has 1 saturated heterocycles. The fraction of sp³-hybridized carbons (Fsp3) is 0.897. The second-order valence-corrected chi connectivity index (χ2v) is 20.4. The van der Waals surface area contributed by atoms with E-state index in [0.29, 0.717) is 12.8 Å². The number of nitrogens with one attached hydrogen (secondary N) is 1. The van der Waals surface area contributed by atoms with Crippen LogP contribution in [-0.4, -0.2) is 99.6 Å². The van der Waals surface area contributed by atoms with Gasteiger partial charge in [0.25, 0.3) is 0 Å². The molecule has 0 aromatic rings. The molecule has 11 nitrogen and oxygen atoms in total. The molecule has 1 aliphatic rings. The van der Waals surface area contributed by atoms with Crippen molar-refractivity contribution < 1.29 is 49.3 Å². The van der Waals surface area contributed by atoms with Gasteiger partial charge in [0.1, 0.15) is 24.4 Å². The van der Waals surface area contributed by atoms with E-state index in [2.05, 4.69) is 38.2 Å². The maximum absolute atomic E-state index is 13.4. The Morgan fingerprint density at radius 3 is 1.42 bits per heavy atom. The molecule has 8 unspecified atom stereocenters. The van der Waals surface area contributed by atoms with E-state index in [0.717, 1.165) is 70.6 Å². The molecule has 406 valence electrons. The van der Waals surface area contributed by atoms with E-state index in [-0.39, 0.29) is 19.4 Å². The largest absolute Gasteiger partial charge is 0.454 e. The zero-order valence-electron chi connectivity index (χ0n) is 44.7. The number of carbonyl (C=O) groups excluding carboxylic acids is 2. The molecule has 0 bridgehead atoms. The van der Waals surface area contributed by atoms with Gasteiger partial charge in [0.15, 0.2) is 12.4 Å². The second-order valence-electron chi connectivity index (χ2n) is 20.4. The van der Waals surface area contributed by atoms with Crippen molar-refractivity contribution in [2.75, 3.05) is 13.2 Å². The monoisotopic (exact) mass is 980 g/mol. The van der Waals surface area contributed by atoms with Crippen molar-refractivity contribution in [1.82, 2.24) is 5.32 Å². The first-order chi connectivity index (χ1) is 33.7. The van der Waals surface area contributed by atoms with Gasteiger partial charge in [-0.25, -0.2) is 0 Å².